The topological polar surface area (TPSA) is 12.0 Å². The quantitative estimate of drug-likeness (QED) is 0.523. The van der Waals surface area contributed by atoms with Crippen molar-refractivity contribution in [1.82, 2.24) is 5.32 Å². The fourth-order valence-corrected chi connectivity index (χ4v) is 0.939. The van der Waals surface area contributed by atoms with Gasteiger partial charge in [0.15, 0.2) is 0 Å². The molecule has 1 unspecified atom stereocenters. The van der Waals surface area contributed by atoms with Crippen LogP contribution in [0.5, 0.6) is 0 Å². The number of alkyl halides is 3. The third-order valence-corrected chi connectivity index (χ3v) is 1.89. The number of hydrogen-bond donors (Lipinski definition) is 1. The molecule has 0 saturated carbocycles. The van der Waals surface area contributed by atoms with Crippen LogP contribution in [-0.4, -0.2) is 18.8 Å². The van der Waals surface area contributed by atoms with Crippen LogP contribution < -0.4 is 5.32 Å². The zero-order valence-electron chi connectivity index (χ0n) is 8.69. The van der Waals surface area contributed by atoms with Crippen molar-refractivity contribution in [3.63, 3.8) is 0 Å². The van der Waals surface area contributed by atoms with Gasteiger partial charge in [-0.3, -0.25) is 0 Å². The summed E-state index contributed by atoms with van der Waals surface area (Å²) in [5.74, 6) is 0. The van der Waals surface area contributed by atoms with Gasteiger partial charge in [-0.15, -0.1) is 0 Å². The van der Waals surface area contributed by atoms with Gasteiger partial charge in [0.25, 0.3) is 0 Å². The van der Waals surface area contributed by atoms with E-state index in [0.717, 1.165) is 26.2 Å². The second kappa shape index (κ2) is 6.87. The van der Waals surface area contributed by atoms with Gasteiger partial charge >= 0.3 is 6.18 Å². The summed E-state index contributed by atoms with van der Waals surface area (Å²) in [6.07, 6.45) is 2.46. The normalized spacial score (nSPS) is 14.9. The Bertz CT molecular complexity index is 163. The number of hydrogen-bond acceptors (Lipinski definition) is 1. The molecule has 84 valence electrons. The van der Waals surface area contributed by atoms with E-state index in [1.54, 1.807) is 0 Å². The number of nitrogens with one attached hydrogen (secondary N) is 1. The van der Waals surface area contributed by atoms with Gasteiger partial charge in [-0.05, 0) is 32.7 Å². The average Bonchev–Trinajstić information content (AvgIpc) is 2.09. The summed E-state index contributed by atoms with van der Waals surface area (Å²) < 4.78 is 36.0. The van der Waals surface area contributed by atoms with E-state index in [1.165, 1.54) is 0 Å². The minimum absolute atomic E-state index is 0.411. The van der Waals surface area contributed by atoms with E-state index in [-0.39, 0.29) is 0 Å². The molecule has 0 heterocycles. The molecule has 0 bridgehead atoms. The molecule has 0 rings (SSSR count). The van der Waals surface area contributed by atoms with Gasteiger partial charge in [-0.2, -0.15) is 13.2 Å². The van der Waals surface area contributed by atoms with Crippen LogP contribution in [0.25, 0.3) is 0 Å². The third kappa shape index (κ3) is 6.95. The Morgan fingerprint density at radius 3 is 2.43 bits per heavy atom. The molecule has 0 saturated heterocycles. The maximum absolute atomic E-state index is 12.0. The fraction of sp³-hybridized carbons (Fsp3) is 0.800. The van der Waals surface area contributed by atoms with Gasteiger partial charge in [0.1, 0.15) is 6.04 Å². The van der Waals surface area contributed by atoms with Crippen molar-refractivity contribution >= 4 is 0 Å². The molecule has 14 heavy (non-hydrogen) atoms. The second-order valence-corrected chi connectivity index (χ2v) is 3.24. The van der Waals surface area contributed by atoms with Gasteiger partial charge in [0, 0.05) is 0 Å². The zero-order valence-corrected chi connectivity index (χ0v) is 8.69. The number of allylic oxidation sites excluding steroid dienone is 2. The third-order valence-electron chi connectivity index (χ3n) is 1.89. The van der Waals surface area contributed by atoms with Gasteiger partial charge in [-0.1, -0.05) is 19.1 Å². The van der Waals surface area contributed by atoms with Crippen LogP contribution in [0.4, 0.5) is 13.2 Å². The van der Waals surface area contributed by atoms with Crippen molar-refractivity contribution < 1.29 is 13.2 Å². The van der Waals surface area contributed by atoms with Crippen LogP contribution in [-0.2, 0) is 0 Å². The minimum atomic E-state index is -4.13. The number of halogens is 3. The molecule has 0 spiro atoms. The molecule has 0 radical (unpaired) electrons. The Labute approximate surface area is 83.4 Å². The smallest absolute Gasteiger partial charge is 0.306 e. The molecule has 0 aliphatic rings. The molecular weight excluding hydrogens is 191 g/mol. The molecule has 1 nitrogen and oxygen atoms in total. The highest BCUT2D eigenvalue weighted by Gasteiger charge is 2.35. The summed E-state index contributed by atoms with van der Waals surface area (Å²) in [6, 6.07) is -1.40. The highest BCUT2D eigenvalue weighted by Crippen LogP contribution is 2.19. The molecule has 0 aromatic heterocycles. The van der Waals surface area contributed by atoms with Crippen LogP contribution >= 0.6 is 0 Å². The summed E-state index contributed by atoms with van der Waals surface area (Å²) in [5, 5.41) is 2.44. The maximum Gasteiger partial charge on any atom is 0.403 e. The first-order chi connectivity index (χ1) is 6.48. The number of rotatable bonds is 6. The lowest BCUT2D eigenvalue weighted by Gasteiger charge is -2.16. The van der Waals surface area contributed by atoms with E-state index < -0.39 is 12.2 Å². The van der Waals surface area contributed by atoms with Gasteiger partial charge in [-0.25, -0.2) is 0 Å². The highest BCUT2D eigenvalue weighted by atomic mass is 19.4. The molecule has 0 aliphatic carbocycles. The largest absolute Gasteiger partial charge is 0.403 e. The Morgan fingerprint density at radius 2 is 1.93 bits per heavy atom. The summed E-state index contributed by atoms with van der Waals surface area (Å²) in [7, 11) is 0. The van der Waals surface area contributed by atoms with Crippen molar-refractivity contribution in [3.05, 3.63) is 12.2 Å². The Hall–Kier alpha value is -0.510. The van der Waals surface area contributed by atoms with Crippen LogP contribution in [0, 0.1) is 0 Å². The maximum atomic E-state index is 12.0. The molecule has 0 aromatic carbocycles. The second-order valence-electron chi connectivity index (χ2n) is 3.24. The average molecular weight is 209 g/mol. The molecule has 1 atom stereocenters. The summed E-state index contributed by atoms with van der Waals surface area (Å²) in [6.45, 7) is 3.58. The summed E-state index contributed by atoms with van der Waals surface area (Å²) in [5.41, 5.74) is 0. The first kappa shape index (κ1) is 13.5. The molecular formula is C10H18F3N. The Balaban J connectivity index is 3.41. The van der Waals surface area contributed by atoms with E-state index >= 15 is 0 Å². The minimum Gasteiger partial charge on any atom is -0.306 e. The van der Waals surface area contributed by atoms with E-state index in [2.05, 4.69) is 5.32 Å². The van der Waals surface area contributed by atoms with Crippen molar-refractivity contribution in [3.8, 4) is 0 Å². The Kier molecular flexibility index (Phi) is 6.62. The van der Waals surface area contributed by atoms with Crippen molar-refractivity contribution in [2.75, 3.05) is 6.54 Å². The number of unbranched alkanes of at least 4 members (excludes halogenated alkanes) is 1. The van der Waals surface area contributed by atoms with E-state index in [9.17, 15) is 13.2 Å². The molecule has 0 fully saturated rings. The standard InChI is InChI=1S/C10H18F3N/c1-3-4-5-6-7-8-14-9(2)10(11,12)13/h4-5,9,14H,3,6-8H2,1-2H3/b5-4+. The van der Waals surface area contributed by atoms with Crippen molar-refractivity contribution in [1.29, 1.82) is 0 Å². The molecule has 0 aliphatic heterocycles. The lowest BCUT2D eigenvalue weighted by atomic mass is 10.2. The monoisotopic (exact) mass is 209 g/mol. The van der Waals surface area contributed by atoms with Crippen LogP contribution in [0.2, 0.25) is 0 Å². The van der Waals surface area contributed by atoms with E-state index in [1.807, 2.05) is 19.1 Å². The SMILES string of the molecule is CC/C=C/CCCNC(C)C(F)(F)F. The fourth-order valence-electron chi connectivity index (χ4n) is 0.939. The zero-order chi connectivity index (χ0) is 11.0. The van der Waals surface area contributed by atoms with Crippen molar-refractivity contribution in [2.24, 2.45) is 0 Å². The lowest BCUT2D eigenvalue weighted by molar-refractivity contribution is -0.151. The Morgan fingerprint density at radius 1 is 1.29 bits per heavy atom. The van der Waals surface area contributed by atoms with Gasteiger partial charge in [0.2, 0.25) is 0 Å². The molecule has 1 N–H and O–H groups in total. The van der Waals surface area contributed by atoms with Crippen LogP contribution in [0.15, 0.2) is 12.2 Å². The molecule has 0 aromatic rings. The predicted molar refractivity (Wildman–Crippen MR) is 52.2 cm³/mol. The van der Waals surface area contributed by atoms with Crippen LogP contribution in [0.1, 0.15) is 33.1 Å². The first-order valence-corrected chi connectivity index (χ1v) is 4.93. The van der Waals surface area contributed by atoms with Crippen molar-refractivity contribution in [2.45, 2.75) is 45.3 Å². The van der Waals surface area contributed by atoms with E-state index in [0.29, 0.717) is 6.54 Å². The lowest BCUT2D eigenvalue weighted by Crippen LogP contribution is -2.39. The first-order valence-electron chi connectivity index (χ1n) is 4.93. The van der Waals surface area contributed by atoms with Crippen LogP contribution in [0.3, 0.4) is 0 Å². The molecule has 0 amide bonds. The predicted octanol–water partition coefficient (Wildman–Crippen LogP) is 3.27. The molecule has 4 heteroatoms. The summed E-state index contributed by atoms with van der Waals surface area (Å²) in [4.78, 5) is 0. The summed E-state index contributed by atoms with van der Waals surface area (Å²) >= 11 is 0. The highest BCUT2D eigenvalue weighted by molar-refractivity contribution is 4.80. The van der Waals surface area contributed by atoms with E-state index in [4.69, 9.17) is 0 Å². The van der Waals surface area contributed by atoms with Gasteiger partial charge < -0.3 is 5.32 Å². The van der Waals surface area contributed by atoms with Gasteiger partial charge in [0.05, 0.1) is 0 Å².